The van der Waals surface area contributed by atoms with Crippen molar-refractivity contribution < 1.29 is 17.9 Å². The van der Waals surface area contributed by atoms with Crippen LogP contribution in [0.4, 0.5) is 13.2 Å². The van der Waals surface area contributed by atoms with Gasteiger partial charge in [-0.3, -0.25) is 4.99 Å². The highest BCUT2D eigenvalue weighted by Gasteiger charge is 2.26. The Labute approximate surface area is 129 Å². The molecule has 0 radical (unpaired) electrons. The summed E-state index contributed by atoms with van der Waals surface area (Å²) in [7, 11) is 1.57. The fourth-order valence-corrected chi connectivity index (χ4v) is 0.998. The molecular formula is C11H23F3IN3O. The van der Waals surface area contributed by atoms with Crippen molar-refractivity contribution in [2.24, 2.45) is 4.99 Å². The molecule has 0 fully saturated rings. The molecule has 0 bridgehead atoms. The quantitative estimate of drug-likeness (QED) is 0.412. The number of hydrogen-bond donors (Lipinski definition) is 2. The first-order chi connectivity index (χ1) is 8.20. The normalized spacial score (nSPS) is 12.9. The molecule has 8 heteroatoms. The van der Waals surface area contributed by atoms with Gasteiger partial charge >= 0.3 is 6.18 Å². The Balaban J connectivity index is 0. The molecule has 116 valence electrons. The molecule has 0 saturated heterocycles. The van der Waals surface area contributed by atoms with Crippen molar-refractivity contribution in [3.63, 3.8) is 0 Å². The lowest BCUT2D eigenvalue weighted by molar-refractivity contribution is -0.132. The third-order valence-electron chi connectivity index (χ3n) is 2.22. The number of halogens is 4. The van der Waals surface area contributed by atoms with E-state index in [1.54, 1.807) is 7.11 Å². The van der Waals surface area contributed by atoms with Crippen LogP contribution in [-0.2, 0) is 4.74 Å². The van der Waals surface area contributed by atoms with Gasteiger partial charge in [-0.25, -0.2) is 0 Å². The van der Waals surface area contributed by atoms with E-state index in [0.29, 0.717) is 19.0 Å². The monoisotopic (exact) mass is 397 g/mol. The minimum atomic E-state index is -4.16. The minimum absolute atomic E-state index is 0. The van der Waals surface area contributed by atoms with Crippen LogP contribution >= 0.6 is 24.0 Å². The Morgan fingerprint density at radius 2 is 1.79 bits per heavy atom. The van der Waals surface area contributed by atoms with E-state index in [2.05, 4.69) is 15.6 Å². The molecule has 0 saturated carbocycles. The van der Waals surface area contributed by atoms with Crippen LogP contribution < -0.4 is 10.6 Å². The number of aliphatic imine (C=N–C) groups is 1. The van der Waals surface area contributed by atoms with Gasteiger partial charge in [0, 0.05) is 20.2 Å². The number of nitrogens with zero attached hydrogens (tertiary/aromatic N) is 1. The predicted octanol–water partition coefficient (Wildman–Crippen LogP) is 2.54. The molecule has 0 atom stereocenters. The van der Waals surface area contributed by atoms with Gasteiger partial charge in [0.2, 0.25) is 0 Å². The first-order valence-electron chi connectivity index (χ1n) is 5.84. The maximum Gasteiger partial charge on any atom is 0.390 e. The Hall–Kier alpha value is -0.250. The summed E-state index contributed by atoms with van der Waals surface area (Å²) in [6.07, 6.45) is -5.04. The number of guanidine groups is 1. The molecule has 0 heterocycles. The Bertz CT molecular complexity index is 270. The zero-order chi connectivity index (χ0) is 14.2. The number of rotatable bonds is 6. The standard InChI is InChI=1S/C11H22F3N3O.HI/c1-5-15-9(16-7-6-11(12,13)14)17-8-10(2,3)18-4;/h5-8H2,1-4H3,(H2,15,16,17);1H. The highest BCUT2D eigenvalue weighted by Crippen LogP contribution is 2.18. The van der Waals surface area contributed by atoms with Crippen LogP contribution in [0.5, 0.6) is 0 Å². The lowest BCUT2D eigenvalue weighted by Gasteiger charge is -2.21. The van der Waals surface area contributed by atoms with Crippen LogP contribution in [0.15, 0.2) is 4.99 Å². The van der Waals surface area contributed by atoms with Crippen LogP contribution in [0.3, 0.4) is 0 Å². The van der Waals surface area contributed by atoms with Gasteiger partial charge in [-0.1, -0.05) is 0 Å². The van der Waals surface area contributed by atoms with Crippen LogP contribution in [0.25, 0.3) is 0 Å². The number of hydrogen-bond acceptors (Lipinski definition) is 2. The lowest BCUT2D eigenvalue weighted by atomic mass is 10.1. The smallest absolute Gasteiger partial charge is 0.377 e. The maximum atomic E-state index is 12.0. The van der Waals surface area contributed by atoms with Crippen LogP contribution in [0, 0.1) is 0 Å². The minimum Gasteiger partial charge on any atom is -0.377 e. The largest absolute Gasteiger partial charge is 0.390 e. The Kier molecular flexibility index (Phi) is 10.7. The third kappa shape index (κ3) is 12.5. The van der Waals surface area contributed by atoms with E-state index in [1.807, 2.05) is 20.8 Å². The second-order valence-corrected chi connectivity index (χ2v) is 4.45. The van der Waals surface area contributed by atoms with Crippen molar-refractivity contribution in [3.05, 3.63) is 0 Å². The van der Waals surface area contributed by atoms with Crippen LogP contribution in [-0.4, -0.2) is 44.5 Å². The van der Waals surface area contributed by atoms with E-state index in [4.69, 9.17) is 4.74 Å². The molecule has 0 rings (SSSR count). The van der Waals surface area contributed by atoms with Gasteiger partial charge in [0.15, 0.2) is 5.96 Å². The van der Waals surface area contributed by atoms with Gasteiger partial charge in [0.25, 0.3) is 0 Å². The SMILES string of the molecule is CCNC(=NCC(C)(C)OC)NCCC(F)(F)F.I. The highest BCUT2D eigenvalue weighted by molar-refractivity contribution is 14.0. The molecule has 2 N–H and O–H groups in total. The van der Waals surface area contributed by atoms with Gasteiger partial charge in [-0.15, -0.1) is 24.0 Å². The molecular weight excluding hydrogens is 374 g/mol. The van der Waals surface area contributed by atoms with E-state index in [0.717, 1.165) is 0 Å². The zero-order valence-electron chi connectivity index (χ0n) is 11.7. The van der Waals surface area contributed by atoms with Crippen molar-refractivity contribution in [1.29, 1.82) is 0 Å². The van der Waals surface area contributed by atoms with Crippen molar-refractivity contribution in [2.45, 2.75) is 39.0 Å². The van der Waals surface area contributed by atoms with Crippen molar-refractivity contribution in [2.75, 3.05) is 26.7 Å². The number of ether oxygens (including phenoxy) is 1. The van der Waals surface area contributed by atoms with Gasteiger partial charge in [0.1, 0.15) is 0 Å². The zero-order valence-corrected chi connectivity index (χ0v) is 14.1. The fraction of sp³-hybridized carbons (Fsp3) is 0.909. The van der Waals surface area contributed by atoms with Crippen molar-refractivity contribution in [3.8, 4) is 0 Å². The summed E-state index contributed by atoms with van der Waals surface area (Å²) in [4.78, 5) is 4.18. The second-order valence-electron chi connectivity index (χ2n) is 4.45. The molecule has 19 heavy (non-hydrogen) atoms. The van der Waals surface area contributed by atoms with E-state index < -0.39 is 18.2 Å². The molecule has 4 nitrogen and oxygen atoms in total. The highest BCUT2D eigenvalue weighted by atomic mass is 127. The summed E-state index contributed by atoms with van der Waals surface area (Å²) in [5, 5.41) is 5.52. The number of alkyl halides is 3. The molecule has 0 aliphatic carbocycles. The van der Waals surface area contributed by atoms with Gasteiger partial charge in [0.05, 0.1) is 18.6 Å². The van der Waals surface area contributed by atoms with E-state index in [-0.39, 0.29) is 30.5 Å². The summed E-state index contributed by atoms with van der Waals surface area (Å²) in [5.74, 6) is 0.367. The van der Waals surface area contributed by atoms with E-state index in [1.165, 1.54) is 0 Å². The number of methoxy groups -OCH3 is 1. The van der Waals surface area contributed by atoms with Gasteiger partial charge in [-0.2, -0.15) is 13.2 Å². The van der Waals surface area contributed by atoms with Crippen LogP contribution in [0.2, 0.25) is 0 Å². The first-order valence-corrected chi connectivity index (χ1v) is 5.84. The topological polar surface area (TPSA) is 45.7 Å². The third-order valence-corrected chi connectivity index (χ3v) is 2.22. The van der Waals surface area contributed by atoms with Crippen molar-refractivity contribution in [1.82, 2.24) is 10.6 Å². The first kappa shape index (κ1) is 21.1. The summed E-state index contributed by atoms with van der Waals surface area (Å²) in [5.41, 5.74) is -0.438. The molecule has 0 aromatic carbocycles. The van der Waals surface area contributed by atoms with Crippen LogP contribution in [0.1, 0.15) is 27.2 Å². The molecule has 0 spiro atoms. The van der Waals surface area contributed by atoms with Gasteiger partial charge in [-0.05, 0) is 20.8 Å². The summed E-state index contributed by atoms with van der Waals surface area (Å²) in [6.45, 7) is 6.33. The summed E-state index contributed by atoms with van der Waals surface area (Å²) in [6, 6.07) is 0. The lowest BCUT2D eigenvalue weighted by Crippen LogP contribution is -2.40. The predicted molar refractivity (Wildman–Crippen MR) is 81.2 cm³/mol. The average molecular weight is 397 g/mol. The van der Waals surface area contributed by atoms with Crippen molar-refractivity contribution >= 4 is 29.9 Å². The van der Waals surface area contributed by atoms with E-state index >= 15 is 0 Å². The average Bonchev–Trinajstić information content (AvgIpc) is 2.24. The van der Waals surface area contributed by atoms with Gasteiger partial charge < -0.3 is 15.4 Å². The molecule has 0 aliphatic rings. The van der Waals surface area contributed by atoms with E-state index in [9.17, 15) is 13.2 Å². The molecule has 0 aromatic heterocycles. The molecule has 0 amide bonds. The Morgan fingerprint density at radius 1 is 1.21 bits per heavy atom. The summed E-state index contributed by atoms with van der Waals surface area (Å²) < 4.78 is 41.2. The molecule has 0 aliphatic heterocycles. The summed E-state index contributed by atoms with van der Waals surface area (Å²) >= 11 is 0. The maximum absolute atomic E-state index is 12.0. The molecule has 0 unspecified atom stereocenters. The fourth-order valence-electron chi connectivity index (χ4n) is 0.998. The molecule has 0 aromatic rings. The number of nitrogens with one attached hydrogen (secondary N) is 2. The Morgan fingerprint density at radius 3 is 2.21 bits per heavy atom. The second kappa shape index (κ2) is 9.62.